The van der Waals surface area contributed by atoms with E-state index in [1.165, 1.54) is 23.1 Å². The quantitative estimate of drug-likeness (QED) is 0.454. The third-order valence-electron chi connectivity index (χ3n) is 3.58. The van der Waals surface area contributed by atoms with Gasteiger partial charge in [-0.3, -0.25) is 9.20 Å². The second-order valence-corrected chi connectivity index (χ2v) is 8.65. The van der Waals surface area contributed by atoms with Crippen molar-refractivity contribution in [2.24, 2.45) is 0 Å². The highest BCUT2D eigenvalue weighted by molar-refractivity contribution is 9.10. The fourth-order valence-electron chi connectivity index (χ4n) is 2.37. The van der Waals surface area contributed by atoms with Crippen LogP contribution >= 0.6 is 39.0 Å². The molecule has 0 bridgehead atoms. The molecule has 138 valence electrons. The lowest BCUT2D eigenvalue weighted by molar-refractivity contribution is -0.113. The summed E-state index contributed by atoms with van der Waals surface area (Å²) in [4.78, 5) is 23.0. The highest BCUT2D eigenvalue weighted by atomic mass is 79.9. The van der Waals surface area contributed by atoms with Crippen LogP contribution in [-0.2, 0) is 4.79 Å². The van der Waals surface area contributed by atoms with Crippen molar-refractivity contribution in [1.82, 2.24) is 24.6 Å². The van der Waals surface area contributed by atoms with Crippen molar-refractivity contribution in [3.05, 3.63) is 35.1 Å². The second-order valence-electron chi connectivity index (χ2n) is 5.81. The van der Waals surface area contributed by atoms with E-state index in [1.54, 1.807) is 10.7 Å². The topological polar surface area (TPSA) is 88.3 Å². The molecule has 0 saturated carbocycles. The molecule has 0 aliphatic rings. The van der Waals surface area contributed by atoms with E-state index in [1.807, 2.05) is 43.3 Å². The molecule has 0 aliphatic heterocycles. The van der Waals surface area contributed by atoms with Crippen molar-refractivity contribution >= 4 is 71.7 Å². The molecular formula is C16H14BrN7OS2. The van der Waals surface area contributed by atoms with Gasteiger partial charge < -0.3 is 10.2 Å². The molecule has 1 aromatic carbocycles. The van der Waals surface area contributed by atoms with Crippen molar-refractivity contribution in [2.75, 3.05) is 30.1 Å². The molecule has 3 aromatic heterocycles. The van der Waals surface area contributed by atoms with Crippen molar-refractivity contribution in [3.63, 3.8) is 0 Å². The normalized spacial score (nSPS) is 11.2. The molecule has 1 N–H and O–H groups in total. The van der Waals surface area contributed by atoms with Gasteiger partial charge in [0.25, 0.3) is 0 Å². The zero-order valence-electron chi connectivity index (χ0n) is 14.4. The van der Waals surface area contributed by atoms with Crippen molar-refractivity contribution < 1.29 is 4.79 Å². The Balaban J connectivity index is 1.52. The summed E-state index contributed by atoms with van der Waals surface area (Å²) in [5, 5.41) is 12.8. The van der Waals surface area contributed by atoms with E-state index < -0.39 is 0 Å². The third-order valence-corrected chi connectivity index (χ3v) is 6.23. The van der Waals surface area contributed by atoms with E-state index in [9.17, 15) is 4.79 Å². The minimum atomic E-state index is -0.114. The number of thioether (sulfide) groups is 1. The summed E-state index contributed by atoms with van der Waals surface area (Å²) in [6.07, 6.45) is 1.64. The van der Waals surface area contributed by atoms with E-state index in [0.29, 0.717) is 16.5 Å². The number of hydrogen-bond donors (Lipinski definition) is 1. The van der Waals surface area contributed by atoms with E-state index >= 15 is 0 Å². The summed E-state index contributed by atoms with van der Waals surface area (Å²) in [6, 6.07) is 7.46. The van der Waals surface area contributed by atoms with Gasteiger partial charge in [-0.25, -0.2) is 4.98 Å². The Morgan fingerprint density at radius 3 is 3.00 bits per heavy atom. The Morgan fingerprint density at radius 1 is 1.37 bits per heavy atom. The molecule has 4 rings (SSSR count). The summed E-state index contributed by atoms with van der Waals surface area (Å²) >= 11 is 6.21. The van der Waals surface area contributed by atoms with Crippen LogP contribution in [-0.4, -0.2) is 50.3 Å². The van der Waals surface area contributed by atoms with Crippen molar-refractivity contribution in [3.8, 4) is 0 Å². The number of benzene rings is 1. The Hall–Kier alpha value is -2.24. The molecule has 0 fully saturated rings. The lowest BCUT2D eigenvalue weighted by Crippen LogP contribution is -2.14. The molecule has 1 amide bonds. The maximum absolute atomic E-state index is 12.2. The summed E-state index contributed by atoms with van der Waals surface area (Å²) in [5.41, 5.74) is 2.08. The molecule has 11 heteroatoms. The molecule has 0 spiro atoms. The lowest BCUT2D eigenvalue weighted by Gasteiger charge is -2.04. The van der Waals surface area contributed by atoms with Crippen LogP contribution in [0.15, 0.2) is 40.2 Å². The maximum atomic E-state index is 12.2. The number of carbonyl (C=O) groups is 1. The van der Waals surface area contributed by atoms with Gasteiger partial charge in [-0.1, -0.05) is 45.1 Å². The first kappa shape index (κ1) is 18.1. The number of aromatic nitrogens is 5. The van der Waals surface area contributed by atoms with Gasteiger partial charge in [-0.15, -0.1) is 10.2 Å². The molecule has 0 saturated heterocycles. The van der Waals surface area contributed by atoms with E-state index in [4.69, 9.17) is 0 Å². The number of nitrogens with zero attached hydrogens (tertiary/aromatic N) is 6. The summed E-state index contributed by atoms with van der Waals surface area (Å²) in [6.45, 7) is 0. The minimum absolute atomic E-state index is 0.114. The van der Waals surface area contributed by atoms with E-state index in [-0.39, 0.29) is 11.7 Å². The zero-order valence-corrected chi connectivity index (χ0v) is 17.6. The highest BCUT2D eigenvalue weighted by Gasteiger charge is 2.16. The Morgan fingerprint density at radius 2 is 2.22 bits per heavy atom. The predicted molar refractivity (Wildman–Crippen MR) is 112 cm³/mol. The number of amides is 1. The van der Waals surface area contributed by atoms with Gasteiger partial charge in [0.05, 0.1) is 5.75 Å². The first-order chi connectivity index (χ1) is 13.0. The van der Waals surface area contributed by atoms with Gasteiger partial charge in [0.15, 0.2) is 21.6 Å². The molecule has 3 heterocycles. The highest BCUT2D eigenvalue weighted by Crippen LogP contribution is 2.30. The lowest BCUT2D eigenvalue weighted by atomic mass is 10.3. The summed E-state index contributed by atoms with van der Waals surface area (Å²) < 4.78 is 3.57. The summed E-state index contributed by atoms with van der Waals surface area (Å²) in [7, 11) is 3.87. The number of halogens is 1. The van der Waals surface area contributed by atoms with Crippen LogP contribution in [0.3, 0.4) is 0 Å². The number of fused-ring (bicyclic) bond motifs is 3. The fraction of sp³-hybridized carbons (Fsp3) is 0.188. The Bertz CT molecular complexity index is 1140. The zero-order chi connectivity index (χ0) is 19.0. The van der Waals surface area contributed by atoms with Crippen LogP contribution in [0.2, 0.25) is 0 Å². The number of rotatable bonds is 5. The molecule has 0 unspecified atom stereocenters. The molecular weight excluding hydrogens is 450 g/mol. The molecule has 0 aliphatic carbocycles. The molecule has 8 nitrogen and oxygen atoms in total. The molecule has 27 heavy (non-hydrogen) atoms. The number of thiazole rings is 1. The SMILES string of the molecule is CN(C)c1nc2ncn3c(SCC(=O)Nc4cccc(Br)c4)nnc3c2s1. The van der Waals surface area contributed by atoms with Gasteiger partial charge in [-0.2, -0.15) is 4.98 Å². The fourth-order valence-corrected chi connectivity index (χ4v) is 4.39. The van der Waals surface area contributed by atoms with Crippen LogP contribution in [0.1, 0.15) is 0 Å². The smallest absolute Gasteiger partial charge is 0.234 e. The second kappa shape index (κ2) is 7.41. The van der Waals surface area contributed by atoms with Crippen LogP contribution in [0.25, 0.3) is 16.0 Å². The minimum Gasteiger partial charge on any atom is -0.354 e. The van der Waals surface area contributed by atoms with Gasteiger partial charge >= 0.3 is 0 Å². The summed E-state index contributed by atoms with van der Waals surface area (Å²) in [5.74, 6) is 0.105. The number of carbonyl (C=O) groups excluding carboxylic acids is 1. The molecule has 4 aromatic rings. The van der Waals surface area contributed by atoms with Crippen LogP contribution in [0.5, 0.6) is 0 Å². The van der Waals surface area contributed by atoms with Crippen LogP contribution in [0, 0.1) is 0 Å². The monoisotopic (exact) mass is 463 g/mol. The number of hydrogen-bond acceptors (Lipinski definition) is 8. The predicted octanol–water partition coefficient (Wildman–Crippen LogP) is 3.29. The molecule has 0 radical (unpaired) electrons. The molecule has 0 atom stereocenters. The average molecular weight is 464 g/mol. The Labute approximate surface area is 171 Å². The van der Waals surface area contributed by atoms with Crippen molar-refractivity contribution in [1.29, 1.82) is 0 Å². The van der Waals surface area contributed by atoms with Gasteiger partial charge in [0.1, 0.15) is 11.0 Å². The van der Waals surface area contributed by atoms with Gasteiger partial charge in [0.2, 0.25) is 5.91 Å². The van der Waals surface area contributed by atoms with E-state index in [2.05, 4.69) is 41.4 Å². The Kier molecular flexibility index (Phi) is 4.98. The largest absolute Gasteiger partial charge is 0.354 e. The van der Waals surface area contributed by atoms with Gasteiger partial charge in [-0.05, 0) is 18.2 Å². The van der Waals surface area contributed by atoms with Gasteiger partial charge in [0, 0.05) is 24.3 Å². The first-order valence-electron chi connectivity index (χ1n) is 7.87. The third kappa shape index (κ3) is 3.75. The van der Waals surface area contributed by atoms with E-state index in [0.717, 1.165) is 20.0 Å². The maximum Gasteiger partial charge on any atom is 0.234 e. The van der Waals surface area contributed by atoms with Crippen LogP contribution < -0.4 is 10.2 Å². The number of anilines is 2. The van der Waals surface area contributed by atoms with Crippen LogP contribution in [0.4, 0.5) is 10.8 Å². The number of nitrogens with one attached hydrogen (secondary N) is 1. The first-order valence-corrected chi connectivity index (χ1v) is 10.5. The van der Waals surface area contributed by atoms with Crippen molar-refractivity contribution in [2.45, 2.75) is 5.16 Å². The standard InChI is InChI=1S/C16H14BrN7OS2/c1-23(2)15-20-13-12(27-15)14-21-22-16(24(14)8-18-13)26-7-11(25)19-10-5-3-4-9(17)6-10/h3-6,8H,7H2,1-2H3,(H,19,25). The average Bonchev–Trinajstić information content (AvgIpc) is 3.23.